The molecule has 0 unspecified atom stereocenters. The highest BCUT2D eigenvalue weighted by atomic mass is 16.5. The lowest BCUT2D eigenvalue weighted by Crippen LogP contribution is -2.22. The molecule has 0 saturated heterocycles. The Hall–Kier alpha value is -2.40. The molecule has 1 aromatic carbocycles. The zero-order chi connectivity index (χ0) is 15.8. The number of fused-ring (bicyclic) bond motifs is 1. The van der Waals surface area contributed by atoms with Crippen LogP contribution in [-0.2, 0) is 9.53 Å². The topological polar surface area (TPSA) is 71.2 Å². The van der Waals surface area contributed by atoms with Crippen molar-refractivity contribution in [1.82, 2.24) is 10.3 Å². The van der Waals surface area contributed by atoms with Gasteiger partial charge in [0.1, 0.15) is 0 Å². The maximum Gasteiger partial charge on any atom is 0.255 e. The molecule has 0 bridgehead atoms. The van der Waals surface area contributed by atoms with Gasteiger partial charge in [-0.1, -0.05) is 18.2 Å². The quantitative estimate of drug-likeness (QED) is 0.607. The first-order chi connectivity index (χ1) is 10.7. The van der Waals surface area contributed by atoms with Crippen LogP contribution in [0.25, 0.3) is 17.0 Å². The van der Waals surface area contributed by atoms with Gasteiger partial charge in [0.05, 0.1) is 0 Å². The number of carbonyl (C=O) groups excluding carboxylic acids is 1. The minimum Gasteiger partial charge on any atom is -0.385 e. The molecule has 0 aliphatic heterocycles. The van der Waals surface area contributed by atoms with Crippen molar-refractivity contribution in [3.63, 3.8) is 0 Å². The first-order valence-corrected chi connectivity index (χ1v) is 7.27. The van der Waals surface area contributed by atoms with E-state index in [-0.39, 0.29) is 11.5 Å². The van der Waals surface area contributed by atoms with Gasteiger partial charge in [-0.25, -0.2) is 0 Å². The summed E-state index contributed by atoms with van der Waals surface area (Å²) in [5.41, 5.74) is 1.04. The lowest BCUT2D eigenvalue weighted by atomic mass is 10.1. The Morgan fingerprint density at radius 2 is 2.14 bits per heavy atom. The van der Waals surface area contributed by atoms with E-state index in [1.165, 1.54) is 12.2 Å². The molecule has 0 atom stereocenters. The summed E-state index contributed by atoms with van der Waals surface area (Å²) in [7, 11) is 1.66. The first-order valence-electron chi connectivity index (χ1n) is 7.27. The molecule has 0 radical (unpaired) electrons. The van der Waals surface area contributed by atoms with Crippen molar-refractivity contribution in [2.24, 2.45) is 0 Å². The third-order valence-electron chi connectivity index (χ3n) is 3.27. The number of aromatic nitrogens is 1. The summed E-state index contributed by atoms with van der Waals surface area (Å²) >= 11 is 0. The molecule has 5 nitrogen and oxygen atoms in total. The third-order valence-corrected chi connectivity index (χ3v) is 3.27. The molecule has 0 fully saturated rings. The van der Waals surface area contributed by atoms with Gasteiger partial charge in [-0.05, 0) is 36.4 Å². The number of rotatable bonds is 7. The molecular formula is C17H20N2O3. The Morgan fingerprint density at radius 1 is 1.32 bits per heavy atom. The fraction of sp³-hybridized carbons (Fsp3) is 0.294. The molecule has 1 heterocycles. The van der Waals surface area contributed by atoms with Gasteiger partial charge in [0.2, 0.25) is 5.91 Å². The van der Waals surface area contributed by atoms with E-state index in [9.17, 15) is 9.59 Å². The summed E-state index contributed by atoms with van der Waals surface area (Å²) in [5, 5.41) is 3.71. The van der Waals surface area contributed by atoms with Crippen LogP contribution in [0.1, 0.15) is 18.4 Å². The number of unbranched alkanes of at least 4 members (excludes halogenated alkanes) is 1. The second-order valence-electron chi connectivity index (χ2n) is 4.97. The van der Waals surface area contributed by atoms with E-state index in [2.05, 4.69) is 10.3 Å². The predicted molar refractivity (Wildman–Crippen MR) is 87.7 cm³/mol. The van der Waals surface area contributed by atoms with Gasteiger partial charge >= 0.3 is 0 Å². The number of aromatic amines is 1. The number of hydrogen-bond acceptors (Lipinski definition) is 3. The van der Waals surface area contributed by atoms with Gasteiger partial charge < -0.3 is 15.0 Å². The number of methoxy groups -OCH3 is 1. The molecule has 1 amide bonds. The first kappa shape index (κ1) is 16.0. The molecule has 0 saturated carbocycles. The van der Waals surface area contributed by atoms with Gasteiger partial charge in [-0.2, -0.15) is 0 Å². The molecule has 2 aromatic rings. The molecular weight excluding hydrogens is 280 g/mol. The molecule has 5 heteroatoms. The van der Waals surface area contributed by atoms with Crippen molar-refractivity contribution in [2.45, 2.75) is 12.8 Å². The number of amides is 1. The Balaban J connectivity index is 1.96. The number of carbonyl (C=O) groups is 1. The van der Waals surface area contributed by atoms with E-state index in [0.29, 0.717) is 18.7 Å². The van der Waals surface area contributed by atoms with Crippen molar-refractivity contribution in [3.8, 4) is 0 Å². The van der Waals surface area contributed by atoms with Gasteiger partial charge in [0, 0.05) is 37.4 Å². The van der Waals surface area contributed by atoms with E-state index in [4.69, 9.17) is 4.74 Å². The highest BCUT2D eigenvalue weighted by Crippen LogP contribution is 2.10. The van der Waals surface area contributed by atoms with E-state index in [0.717, 1.165) is 23.7 Å². The van der Waals surface area contributed by atoms with Crippen molar-refractivity contribution >= 4 is 22.9 Å². The van der Waals surface area contributed by atoms with Gasteiger partial charge in [-0.3, -0.25) is 9.59 Å². The van der Waals surface area contributed by atoms with Crippen LogP contribution in [0.2, 0.25) is 0 Å². The van der Waals surface area contributed by atoms with Crippen LogP contribution in [0.5, 0.6) is 0 Å². The van der Waals surface area contributed by atoms with Crippen molar-refractivity contribution < 1.29 is 9.53 Å². The summed E-state index contributed by atoms with van der Waals surface area (Å²) < 4.78 is 4.94. The van der Waals surface area contributed by atoms with Crippen LogP contribution < -0.4 is 10.9 Å². The lowest BCUT2D eigenvalue weighted by Gasteiger charge is -2.02. The highest BCUT2D eigenvalue weighted by Gasteiger charge is 2.00. The van der Waals surface area contributed by atoms with Crippen LogP contribution in [0, 0.1) is 0 Å². The van der Waals surface area contributed by atoms with Gasteiger partial charge in [0.25, 0.3) is 5.56 Å². The second kappa shape index (κ2) is 8.14. The molecule has 2 rings (SSSR count). The predicted octanol–water partition coefficient (Wildman–Crippen LogP) is 2.08. The lowest BCUT2D eigenvalue weighted by molar-refractivity contribution is -0.116. The molecule has 0 aliphatic rings. The number of hydrogen-bond donors (Lipinski definition) is 2. The number of ether oxygens (including phenoxy) is 1. The maximum atomic E-state index is 11.9. The molecule has 0 spiro atoms. The third kappa shape index (κ3) is 4.56. The molecule has 22 heavy (non-hydrogen) atoms. The van der Waals surface area contributed by atoms with E-state index >= 15 is 0 Å². The van der Waals surface area contributed by atoms with E-state index in [1.807, 2.05) is 24.3 Å². The fourth-order valence-electron chi connectivity index (χ4n) is 2.10. The van der Waals surface area contributed by atoms with Crippen molar-refractivity contribution in [2.75, 3.05) is 20.3 Å². The number of para-hydroxylation sites is 1. The number of H-pyrrole nitrogens is 1. The van der Waals surface area contributed by atoms with Gasteiger partial charge in [0.15, 0.2) is 0 Å². The Bertz CT molecular complexity index is 719. The average molecular weight is 300 g/mol. The smallest absolute Gasteiger partial charge is 0.255 e. The van der Waals surface area contributed by atoms with Crippen LogP contribution in [0.15, 0.2) is 41.2 Å². The number of benzene rings is 1. The van der Waals surface area contributed by atoms with Crippen LogP contribution in [0.4, 0.5) is 0 Å². The minimum absolute atomic E-state index is 0.204. The number of nitrogens with one attached hydrogen (secondary N) is 2. The molecule has 1 aromatic heterocycles. The van der Waals surface area contributed by atoms with E-state index in [1.54, 1.807) is 13.2 Å². The Labute approximate surface area is 129 Å². The molecule has 2 N–H and O–H groups in total. The summed E-state index contributed by atoms with van der Waals surface area (Å²) in [6, 6.07) is 9.30. The van der Waals surface area contributed by atoms with Gasteiger partial charge in [-0.15, -0.1) is 0 Å². The fourth-order valence-corrected chi connectivity index (χ4v) is 2.10. The molecule has 0 aliphatic carbocycles. The summed E-state index contributed by atoms with van der Waals surface area (Å²) in [4.78, 5) is 26.4. The normalized spacial score (nSPS) is 11.1. The van der Waals surface area contributed by atoms with Crippen molar-refractivity contribution in [1.29, 1.82) is 0 Å². The van der Waals surface area contributed by atoms with Crippen LogP contribution in [-0.4, -0.2) is 31.2 Å². The van der Waals surface area contributed by atoms with Crippen molar-refractivity contribution in [3.05, 3.63) is 52.3 Å². The summed E-state index contributed by atoms with van der Waals surface area (Å²) in [6.07, 6.45) is 4.69. The molecule has 116 valence electrons. The monoisotopic (exact) mass is 300 g/mol. The standard InChI is InChI=1S/C17H20N2O3/c1-22-11-5-4-10-18-16(20)9-8-14-12-13-6-2-3-7-15(13)19-17(14)21/h2-3,6-9,12H,4-5,10-11H2,1H3,(H,18,20)(H,19,21)/b9-8+. The zero-order valence-electron chi connectivity index (χ0n) is 12.6. The Morgan fingerprint density at radius 3 is 2.95 bits per heavy atom. The zero-order valence-corrected chi connectivity index (χ0v) is 12.6. The Kier molecular flexibility index (Phi) is 5.91. The average Bonchev–Trinajstić information content (AvgIpc) is 2.52. The van der Waals surface area contributed by atoms with Crippen LogP contribution in [0.3, 0.4) is 0 Å². The van der Waals surface area contributed by atoms with E-state index < -0.39 is 0 Å². The van der Waals surface area contributed by atoms with Crippen LogP contribution >= 0.6 is 0 Å². The SMILES string of the molecule is COCCCCNC(=O)/C=C/c1cc2ccccc2[nH]c1=O. The summed E-state index contributed by atoms with van der Waals surface area (Å²) in [6.45, 7) is 1.29. The second-order valence-corrected chi connectivity index (χ2v) is 4.97. The highest BCUT2D eigenvalue weighted by molar-refractivity contribution is 5.92. The summed E-state index contributed by atoms with van der Waals surface area (Å²) in [5.74, 6) is -0.204. The maximum absolute atomic E-state index is 11.9. The number of pyridine rings is 1. The minimum atomic E-state index is -0.206. The largest absolute Gasteiger partial charge is 0.385 e.